The Morgan fingerprint density at radius 1 is 1.57 bits per heavy atom. The number of rotatable bonds is 6. The molecule has 0 aliphatic carbocycles. The van der Waals surface area contributed by atoms with Gasteiger partial charge in [-0.25, -0.2) is 8.42 Å². The summed E-state index contributed by atoms with van der Waals surface area (Å²) in [6.07, 6.45) is -0.0569. The van der Waals surface area contributed by atoms with E-state index < -0.39 is 15.9 Å². The first-order valence-corrected chi connectivity index (χ1v) is 6.02. The molecule has 0 heterocycles. The molecule has 1 atom stereocenters. The number of nitrogens with one attached hydrogen (secondary N) is 1. The van der Waals surface area contributed by atoms with Crippen LogP contribution in [0.25, 0.3) is 0 Å². The Kier molecular flexibility index (Phi) is 5.66. The molecule has 0 radical (unpaired) electrons. The van der Waals surface area contributed by atoms with E-state index in [4.69, 9.17) is 5.11 Å². The minimum atomic E-state index is -3.22. The molecule has 0 aromatic carbocycles. The summed E-state index contributed by atoms with van der Waals surface area (Å²) in [5, 5.41) is 11.5. The molecule has 7 heteroatoms. The molecule has 0 spiro atoms. The van der Waals surface area contributed by atoms with E-state index in [1.54, 1.807) is 0 Å². The van der Waals surface area contributed by atoms with Crippen LogP contribution < -0.4 is 5.32 Å². The van der Waals surface area contributed by atoms with Gasteiger partial charge in [-0.2, -0.15) is 0 Å². The van der Waals surface area contributed by atoms with E-state index in [9.17, 15) is 13.2 Å². The van der Waals surface area contributed by atoms with Crippen LogP contribution in [0, 0.1) is 0 Å². The van der Waals surface area contributed by atoms with Gasteiger partial charge in [0.05, 0.1) is 11.9 Å². The molecule has 84 valence electrons. The van der Waals surface area contributed by atoms with Crippen LogP contribution in [0.1, 0.15) is 0 Å². The Hall–Kier alpha value is -0.660. The zero-order valence-corrected chi connectivity index (χ0v) is 9.00. The van der Waals surface area contributed by atoms with Crippen molar-refractivity contribution in [1.29, 1.82) is 0 Å². The van der Waals surface area contributed by atoms with Crippen molar-refractivity contribution >= 4 is 15.7 Å². The maximum Gasteiger partial charge on any atom is 0.246 e. The van der Waals surface area contributed by atoms with Gasteiger partial charge in [0.15, 0.2) is 0 Å². The van der Waals surface area contributed by atoms with Gasteiger partial charge in [0.25, 0.3) is 0 Å². The summed E-state index contributed by atoms with van der Waals surface area (Å²) in [5.74, 6) is -0.750. The zero-order chi connectivity index (χ0) is 11.2. The summed E-state index contributed by atoms with van der Waals surface area (Å²) in [5.41, 5.74) is 0. The third-order valence-electron chi connectivity index (χ3n) is 1.31. The standard InChI is InChI=1S/C7H15NO5S/c1-13-4-7(10)8-3-6(9)5-14(2,11)12/h6,9H,3-5H2,1-2H3,(H,8,10). The summed E-state index contributed by atoms with van der Waals surface area (Å²) in [6, 6.07) is 0. The lowest BCUT2D eigenvalue weighted by Gasteiger charge is -2.10. The van der Waals surface area contributed by atoms with E-state index in [-0.39, 0.29) is 24.8 Å². The van der Waals surface area contributed by atoms with Gasteiger partial charge in [0.1, 0.15) is 16.4 Å². The number of aliphatic hydroxyl groups is 1. The number of hydrogen-bond acceptors (Lipinski definition) is 5. The van der Waals surface area contributed by atoms with E-state index >= 15 is 0 Å². The fourth-order valence-electron chi connectivity index (χ4n) is 0.822. The molecule has 0 fully saturated rings. The van der Waals surface area contributed by atoms with E-state index in [1.165, 1.54) is 7.11 Å². The third kappa shape index (κ3) is 7.96. The number of methoxy groups -OCH3 is 1. The van der Waals surface area contributed by atoms with Crippen LogP contribution in [0.3, 0.4) is 0 Å². The maximum atomic E-state index is 10.8. The number of carbonyl (C=O) groups is 1. The van der Waals surface area contributed by atoms with Crippen molar-refractivity contribution in [3.63, 3.8) is 0 Å². The Morgan fingerprint density at radius 2 is 2.14 bits per heavy atom. The smallest absolute Gasteiger partial charge is 0.246 e. The predicted molar refractivity (Wildman–Crippen MR) is 50.6 cm³/mol. The SMILES string of the molecule is COCC(=O)NCC(O)CS(C)(=O)=O. The molecule has 0 rings (SSSR count). The van der Waals surface area contributed by atoms with Crippen molar-refractivity contribution in [2.24, 2.45) is 0 Å². The Bertz CT molecular complexity index is 274. The summed E-state index contributed by atoms with van der Waals surface area (Å²) < 4.78 is 26.0. The first kappa shape index (κ1) is 13.3. The highest BCUT2D eigenvalue weighted by atomic mass is 32.2. The Balaban J connectivity index is 3.74. The van der Waals surface area contributed by atoms with Crippen LogP contribution in [-0.2, 0) is 19.4 Å². The Labute approximate surface area is 83.2 Å². The molecule has 14 heavy (non-hydrogen) atoms. The first-order valence-electron chi connectivity index (χ1n) is 3.96. The molecule has 6 nitrogen and oxygen atoms in total. The highest BCUT2D eigenvalue weighted by Gasteiger charge is 2.12. The molecule has 1 amide bonds. The fraction of sp³-hybridized carbons (Fsp3) is 0.857. The number of ether oxygens (including phenoxy) is 1. The second kappa shape index (κ2) is 5.94. The van der Waals surface area contributed by atoms with E-state index in [0.29, 0.717) is 0 Å². The second-order valence-corrected chi connectivity index (χ2v) is 5.17. The lowest BCUT2D eigenvalue weighted by Crippen LogP contribution is -2.37. The fourth-order valence-corrected chi connectivity index (χ4v) is 1.64. The van der Waals surface area contributed by atoms with Gasteiger partial charge in [0, 0.05) is 19.9 Å². The van der Waals surface area contributed by atoms with Crippen LogP contribution in [-0.4, -0.2) is 57.8 Å². The van der Waals surface area contributed by atoms with Gasteiger partial charge in [-0.3, -0.25) is 4.79 Å². The van der Waals surface area contributed by atoms with Crippen molar-refractivity contribution in [2.45, 2.75) is 6.10 Å². The van der Waals surface area contributed by atoms with Crippen LogP contribution in [0.4, 0.5) is 0 Å². The normalized spacial score (nSPS) is 13.6. The summed E-state index contributed by atoms with van der Waals surface area (Å²) >= 11 is 0. The predicted octanol–water partition coefficient (Wildman–Crippen LogP) is -1.85. The van der Waals surface area contributed by atoms with Gasteiger partial charge in [-0.05, 0) is 0 Å². The van der Waals surface area contributed by atoms with Crippen molar-refractivity contribution in [1.82, 2.24) is 5.32 Å². The summed E-state index contributed by atoms with van der Waals surface area (Å²) in [4.78, 5) is 10.8. The average molecular weight is 225 g/mol. The van der Waals surface area contributed by atoms with Crippen LogP contribution >= 0.6 is 0 Å². The molecular weight excluding hydrogens is 210 g/mol. The monoisotopic (exact) mass is 225 g/mol. The molecule has 0 saturated carbocycles. The quantitative estimate of drug-likeness (QED) is 0.554. The first-order chi connectivity index (χ1) is 6.35. The van der Waals surface area contributed by atoms with Gasteiger partial charge in [0.2, 0.25) is 5.91 Å². The van der Waals surface area contributed by atoms with Crippen molar-refractivity contribution < 1.29 is 23.1 Å². The van der Waals surface area contributed by atoms with Gasteiger partial charge >= 0.3 is 0 Å². The highest BCUT2D eigenvalue weighted by Crippen LogP contribution is 1.89. The number of sulfone groups is 1. The zero-order valence-electron chi connectivity index (χ0n) is 8.19. The summed E-state index contributed by atoms with van der Waals surface area (Å²) in [7, 11) is -1.85. The molecule has 0 aromatic rings. The van der Waals surface area contributed by atoms with Gasteiger partial charge in [-0.1, -0.05) is 0 Å². The number of hydrogen-bond donors (Lipinski definition) is 2. The average Bonchev–Trinajstić information content (AvgIpc) is 1.98. The molecule has 0 bridgehead atoms. The highest BCUT2D eigenvalue weighted by molar-refractivity contribution is 7.90. The molecule has 0 aliphatic heterocycles. The van der Waals surface area contributed by atoms with E-state index in [1.807, 2.05) is 0 Å². The number of carbonyl (C=O) groups excluding carboxylic acids is 1. The molecule has 0 aliphatic rings. The second-order valence-electron chi connectivity index (χ2n) is 2.98. The molecule has 1 unspecified atom stereocenters. The van der Waals surface area contributed by atoms with Gasteiger partial charge < -0.3 is 15.2 Å². The minimum absolute atomic E-state index is 0.0880. The molecular formula is C7H15NO5S. The summed E-state index contributed by atoms with van der Waals surface area (Å²) in [6.45, 7) is -0.194. The lowest BCUT2D eigenvalue weighted by atomic mass is 10.4. The van der Waals surface area contributed by atoms with Crippen molar-refractivity contribution in [3.8, 4) is 0 Å². The minimum Gasteiger partial charge on any atom is -0.390 e. The van der Waals surface area contributed by atoms with Crippen LogP contribution in [0.5, 0.6) is 0 Å². The van der Waals surface area contributed by atoms with Crippen molar-refractivity contribution in [3.05, 3.63) is 0 Å². The van der Waals surface area contributed by atoms with Crippen LogP contribution in [0.2, 0.25) is 0 Å². The van der Waals surface area contributed by atoms with Crippen molar-refractivity contribution in [2.75, 3.05) is 32.3 Å². The third-order valence-corrected chi connectivity index (χ3v) is 2.30. The topological polar surface area (TPSA) is 92.7 Å². The molecule has 2 N–H and O–H groups in total. The molecule has 0 aromatic heterocycles. The Morgan fingerprint density at radius 3 is 2.57 bits per heavy atom. The number of amides is 1. The van der Waals surface area contributed by atoms with E-state index in [2.05, 4.69) is 10.1 Å². The largest absolute Gasteiger partial charge is 0.390 e. The van der Waals surface area contributed by atoms with Crippen LogP contribution in [0.15, 0.2) is 0 Å². The molecule has 0 saturated heterocycles. The van der Waals surface area contributed by atoms with E-state index in [0.717, 1.165) is 6.26 Å². The number of aliphatic hydroxyl groups excluding tert-OH is 1. The van der Waals surface area contributed by atoms with Gasteiger partial charge in [-0.15, -0.1) is 0 Å². The maximum absolute atomic E-state index is 10.8. The lowest BCUT2D eigenvalue weighted by molar-refractivity contribution is -0.125.